The molecule has 20 heavy (non-hydrogen) atoms. The minimum atomic E-state index is -0.501. The van der Waals surface area contributed by atoms with Gasteiger partial charge in [-0.05, 0) is 36.8 Å². The minimum absolute atomic E-state index is 0.0473. The smallest absolute Gasteiger partial charge is 0.255 e. The second kappa shape index (κ2) is 5.61. The molecular weight excluding hydrogens is 261 g/mol. The molecule has 3 N–H and O–H groups in total. The summed E-state index contributed by atoms with van der Waals surface area (Å²) in [5.74, 6) is -1.32. The normalized spacial score (nSPS) is 11.9. The van der Waals surface area contributed by atoms with E-state index in [1.807, 2.05) is 0 Å². The first-order valence-electron chi connectivity index (χ1n) is 6.05. The maximum absolute atomic E-state index is 13.1. The molecule has 0 saturated carbocycles. The summed E-state index contributed by atoms with van der Waals surface area (Å²) in [5.41, 5.74) is 0.669. The molecule has 1 atom stereocenters. The fraction of sp³-hybridized carbons (Fsp3) is 0.133. The van der Waals surface area contributed by atoms with E-state index in [2.05, 4.69) is 5.32 Å². The number of halogens is 1. The van der Waals surface area contributed by atoms with Gasteiger partial charge in [-0.25, -0.2) is 4.39 Å². The summed E-state index contributed by atoms with van der Waals surface area (Å²) in [7, 11) is 0. The monoisotopic (exact) mass is 275 g/mol. The predicted octanol–water partition coefficient (Wildman–Crippen LogP) is 2.73. The van der Waals surface area contributed by atoms with E-state index < -0.39 is 11.9 Å². The number of aromatic hydroxyl groups is 2. The Labute approximate surface area is 115 Å². The first-order chi connectivity index (χ1) is 9.47. The molecule has 1 amide bonds. The number of amides is 1. The van der Waals surface area contributed by atoms with Crippen LogP contribution in [0.4, 0.5) is 4.39 Å². The van der Waals surface area contributed by atoms with E-state index in [9.17, 15) is 19.4 Å². The third-order valence-electron chi connectivity index (χ3n) is 2.92. The average Bonchev–Trinajstić information content (AvgIpc) is 2.38. The molecule has 0 aliphatic rings. The highest BCUT2D eigenvalue weighted by molar-refractivity contribution is 5.97. The summed E-state index contributed by atoms with van der Waals surface area (Å²) >= 11 is 0. The summed E-state index contributed by atoms with van der Waals surface area (Å²) in [6.07, 6.45) is 0. The van der Waals surface area contributed by atoms with Gasteiger partial charge in [0.25, 0.3) is 5.91 Å². The first-order valence-corrected chi connectivity index (χ1v) is 6.05. The molecule has 0 heterocycles. The highest BCUT2D eigenvalue weighted by Crippen LogP contribution is 2.23. The summed E-state index contributed by atoms with van der Waals surface area (Å²) < 4.78 is 13.1. The van der Waals surface area contributed by atoms with E-state index in [1.54, 1.807) is 19.1 Å². The van der Waals surface area contributed by atoms with Gasteiger partial charge in [-0.15, -0.1) is 0 Å². The van der Waals surface area contributed by atoms with Crippen LogP contribution in [0, 0.1) is 5.82 Å². The summed E-state index contributed by atoms with van der Waals surface area (Å²) in [6.45, 7) is 1.71. The van der Waals surface area contributed by atoms with Crippen molar-refractivity contribution in [3.8, 4) is 11.5 Å². The van der Waals surface area contributed by atoms with Crippen molar-refractivity contribution in [1.29, 1.82) is 0 Å². The maximum atomic E-state index is 13.1. The van der Waals surface area contributed by atoms with E-state index in [0.29, 0.717) is 5.56 Å². The Morgan fingerprint density at radius 2 is 1.95 bits per heavy atom. The molecule has 2 aromatic rings. The quantitative estimate of drug-likeness (QED) is 0.806. The Kier molecular flexibility index (Phi) is 3.89. The molecule has 0 saturated heterocycles. The number of phenolic OH excluding ortho intramolecular Hbond substituents is 2. The molecule has 2 rings (SSSR count). The Hall–Kier alpha value is -2.56. The number of hydrogen-bond donors (Lipinski definition) is 3. The molecule has 0 bridgehead atoms. The molecule has 4 nitrogen and oxygen atoms in total. The van der Waals surface area contributed by atoms with Gasteiger partial charge in [0.05, 0.1) is 11.6 Å². The lowest BCUT2D eigenvalue weighted by atomic mass is 10.1. The minimum Gasteiger partial charge on any atom is -0.508 e. The number of hydrogen-bond acceptors (Lipinski definition) is 3. The topological polar surface area (TPSA) is 69.6 Å². The molecule has 0 aliphatic carbocycles. The Balaban J connectivity index is 2.15. The van der Waals surface area contributed by atoms with Crippen LogP contribution >= 0.6 is 0 Å². The van der Waals surface area contributed by atoms with Crippen molar-refractivity contribution in [3.05, 3.63) is 59.4 Å². The van der Waals surface area contributed by atoms with Crippen molar-refractivity contribution in [3.63, 3.8) is 0 Å². The van der Waals surface area contributed by atoms with Crippen molar-refractivity contribution < 1.29 is 19.4 Å². The number of phenols is 2. The van der Waals surface area contributed by atoms with Crippen LogP contribution in [0.15, 0.2) is 42.5 Å². The van der Waals surface area contributed by atoms with Gasteiger partial charge >= 0.3 is 0 Å². The molecule has 0 spiro atoms. The molecule has 104 valence electrons. The van der Waals surface area contributed by atoms with Crippen LogP contribution in [-0.4, -0.2) is 16.1 Å². The Morgan fingerprint density at radius 3 is 2.60 bits per heavy atom. The van der Waals surface area contributed by atoms with Crippen LogP contribution in [0.5, 0.6) is 11.5 Å². The fourth-order valence-electron chi connectivity index (χ4n) is 1.85. The van der Waals surface area contributed by atoms with Gasteiger partial charge in [0.2, 0.25) is 0 Å². The summed E-state index contributed by atoms with van der Waals surface area (Å²) in [5, 5.41) is 21.4. The van der Waals surface area contributed by atoms with Gasteiger partial charge in [-0.1, -0.05) is 12.1 Å². The number of carbonyl (C=O) groups excluding carboxylic acids is 1. The molecule has 5 heteroatoms. The zero-order chi connectivity index (χ0) is 14.7. The van der Waals surface area contributed by atoms with Crippen molar-refractivity contribution >= 4 is 5.91 Å². The van der Waals surface area contributed by atoms with Crippen LogP contribution in [0.25, 0.3) is 0 Å². The second-order valence-electron chi connectivity index (χ2n) is 4.45. The lowest BCUT2D eigenvalue weighted by molar-refractivity contribution is 0.0937. The second-order valence-corrected chi connectivity index (χ2v) is 4.45. The highest BCUT2D eigenvalue weighted by atomic mass is 19.1. The van der Waals surface area contributed by atoms with Gasteiger partial charge in [0.1, 0.15) is 17.3 Å². The number of rotatable bonds is 3. The largest absolute Gasteiger partial charge is 0.508 e. The van der Waals surface area contributed by atoms with Crippen molar-refractivity contribution in [2.75, 3.05) is 0 Å². The molecule has 0 radical (unpaired) electrons. The van der Waals surface area contributed by atoms with Crippen LogP contribution in [0.3, 0.4) is 0 Å². The Morgan fingerprint density at radius 1 is 1.20 bits per heavy atom. The third kappa shape index (κ3) is 3.06. The van der Waals surface area contributed by atoms with E-state index in [0.717, 1.165) is 6.07 Å². The average molecular weight is 275 g/mol. The maximum Gasteiger partial charge on any atom is 0.255 e. The fourth-order valence-corrected chi connectivity index (χ4v) is 1.85. The van der Waals surface area contributed by atoms with Gasteiger partial charge in [-0.2, -0.15) is 0 Å². The number of benzene rings is 2. The number of carbonyl (C=O) groups is 1. The van der Waals surface area contributed by atoms with Crippen LogP contribution in [-0.2, 0) is 0 Å². The molecule has 0 aromatic heterocycles. The zero-order valence-electron chi connectivity index (χ0n) is 10.8. The van der Waals surface area contributed by atoms with Crippen LogP contribution in [0.1, 0.15) is 28.9 Å². The van der Waals surface area contributed by atoms with E-state index in [-0.39, 0.29) is 22.9 Å². The highest BCUT2D eigenvalue weighted by Gasteiger charge is 2.15. The Bertz CT molecular complexity index is 643. The number of nitrogens with one attached hydrogen (secondary N) is 1. The molecule has 1 unspecified atom stereocenters. The van der Waals surface area contributed by atoms with Crippen LogP contribution < -0.4 is 5.32 Å². The summed E-state index contributed by atoms with van der Waals surface area (Å²) in [6, 6.07) is 9.22. The van der Waals surface area contributed by atoms with Gasteiger partial charge in [0.15, 0.2) is 0 Å². The van der Waals surface area contributed by atoms with Gasteiger partial charge in [0, 0.05) is 6.07 Å². The van der Waals surface area contributed by atoms with Crippen molar-refractivity contribution in [2.45, 2.75) is 13.0 Å². The van der Waals surface area contributed by atoms with E-state index in [1.165, 1.54) is 24.3 Å². The molecule has 0 fully saturated rings. The molecule has 0 aliphatic heterocycles. The standard InChI is InChI=1S/C15H14FNO3/c1-9(10-3-2-4-11(16)7-10)17-15(20)13-6-5-12(18)8-14(13)19/h2-9,18-19H,1H3,(H,17,20). The lowest BCUT2D eigenvalue weighted by Gasteiger charge is -2.15. The summed E-state index contributed by atoms with van der Waals surface area (Å²) in [4.78, 5) is 12.0. The lowest BCUT2D eigenvalue weighted by Crippen LogP contribution is -2.26. The third-order valence-corrected chi connectivity index (χ3v) is 2.92. The van der Waals surface area contributed by atoms with Gasteiger partial charge in [-0.3, -0.25) is 4.79 Å². The van der Waals surface area contributed by atoms with Gasteiger partial charge < -0.3 is 15.5 Å². The predicted molar refractivity (Wildman–Crippen MR) is 72.1 cm³/mol. The van der Waals surface area contributed by atoms with E-state index in [4.69, 9.17) is 0 Å². The van der Waals surface area contributed by atoms with Crippen molar-refractivity contribution in [1.82, 2.24) is 5.32 Å². The van der Waals surface area contributed by atoms with E-state index >= 15 is 0 Å². The molecular formula is C15H14FNO3. The molecule has 2 aromatic carbocycles. The zero-order valence-corrected chi connectivity index (χ0v) is 10.8. The van der Waals surface area contributed by atoms with Crippen LogP contribution in [0.2, 0.25) is 0 Å². The SMILES string of the molecule is CC(NC(=O)c1ccc(O)cc1O)c1cccc(F)c1. The van der Waals surface area contributed by atoms with Crippen molar-refractivity contribution in [2.24, 2.45) is 0 Å². The first kappa shape index (κ1) is 13.9.